The second kappa shape index (κ2) is 4.82. The Morgan fingerprint density at radius 3 is 2.71 bits per heavy atom. The van der Waals surface area contributed by atoms with E-state index >= 15 is 0 Å². The van der Waals surface area contributed by atoms with Crippen LogP contribution in [0.1, 0.15) is 5.56 Å². The Balaban J connectivity index is 2.50. The number of fused-ring (bicyclic) bond motifs is 1. The molecule has 0 bridgehead atoms. The summed E-state index contributed by atoms with van der Waals surface area (Å²) in [6.07, 6.45) is 0.386. The molecule has 0 amide bonds. The second-order valence-electron chi connectivity index (χ2n) is 3.77. The zero-order chi connectivity index (χ0) is 12.3. The monoisotopic (exact) mass is 231 g/mol. The molecule has 4 nitrogen and oxygen atoms in total. The highest BCUT2D eigenvalue weighted by Gasteiger charge is 2.10. The van der Waals surface area contributed by atoms with Gasteiger partial charge < -0.3 is 4.74 Å². The van der Waals surface area contributed by atoms with Gasteiger partial charge in [0.1, 0.15) is 5.75 Å². The maximum absolute atomic E-state index is 10.5. The van der Waals surface area contributed by atoms with Crippen LogP contribution < -0.4 is 4.74 Å². The molecule has 0 aliphatic rings. The van der Waals surface area contributed by atoms with E-state index in [1.165, 1.54) is 0 Å². The Bertz CT molecular complexity index is 551. The minimum atomic E-state index is -0.304. The molecule has 0 radical (unpaired) electrons. The summed E-state index contributed by atoms with van der Waals surface area (Å²) in [5, 5.41) is 12.6. The van der Waals surface area contributed by atoms with Gasteiger partial charge in [-0.05, 0) is 16.8 Å². The fourth-order valence-corrected chi connectivity index (χ4v) is 1.97. The molecule has 0 heterocycles. The Morgan fingerprint density at radius 1 is 1.24 bits per heavy atom. The van der Waals surface area contributed by atoms with Gasteiger partial charge in [0.2, 0.25) is 6.54 Å². The van der Waals surface area contributed by atoms with Crippen molar-refractivity contribution >= 4 is 10.8 Å². The first-order valence-electron chi connectivity index (χ1n) is 5.39. The zero-order valence-electron chi connectivity index (χ0n) is 9.55. The SMILES string of the molecule is COc1ccc2ccccc2c1CC[N+](=O)[O-]. The van der Waals surface area contributed by atoms with Gasteiger partial charge in [-0.2, -0.15) is 0 Å². The molecule has 0 spiro atoms. The minimum Gasteiger partial charge on any atom is -0.496 e. The van der Waals surface area contributed by atoms with Crippen molar-refractivity contribution in [3.05, 3.63) is 52.1 Å². The molecule has 2 aromatic carbocycles. The Morgan fingerprint density at radius 2 is 2.00 bits per heavy atom. The second-order valence-corrected chi connectivity index (χ2v) is 3.77. The van der Waals surface area contributed by atoms with E-state index in [2.05, 4.69) is 0 Å². The summed E-state index contributed by atoms with van der Waals surface area (Å²) < 4.78 is 5.26. The van der Waals surface area contributed by atoms with Crippen LogP contribution in [-0.2, 0) is 6.42 Å². The van der Waals surface area contributed by atoms with Crippen molar-refractivity contribution in [3.63, 3.8) is 0 Å². The number of nitrogens with zero attached hydrogens (tertiary/aromatic N) is 1. The lowest BCUT2D eigenvalue weighted by Gasteiger charge is -2.10. The fourth-order valence-electron chi connectivity index (χ4n) is 1.97. The highest BCUT2D eigenvalue weighted by atomic mass is 16.6. The van der Waals surface area contributed by atoms with E-state index in [9.17, 15) is 10.1 Å². The quantitative estimate of drug-likeness (QED) is 0.600. The number of benzene rings is 2. The van der Waals surface area contributed by atoms with Crippen LogP contribution in [-0.4, -0.2) is 18.6 Å². The molecular weight excluding hydrogens is 218 g/mol. The largest absolute Gasteiger partial charge is 0.496 e. The normalized spacial score (nSPS) is 10.4. The molecule has 0 aromatic heterocycles. The summed E-state index contributed by atoms with van der Waals surface area (Å²) in [6.45, 7) is -0.0790. The van der Waals surface area contributed by atoms with Crippen LogP contribution in [0.3, 0.4) is 0 Å². The first kappa shape index (κ1) is 11.4. The molecule has 0 aliphatic heterocycles. The van der Waals surface area contributed by atoms with Crippen LogP contribution in [0.15, 0.2) is 36.4 Å². The van der Waals surface area contributed by atoms with Crippen molar-refractivity contribution in [2.75, 3.05) is 13.7 Å². The molecule has 0 unspecified atom stereocenters. The molecule has 0 fully saturated rings. The van der Waals surface area contributed by atoms with Crippen LogP contribution in [0.2, 0.25) is 0 Å². The van der Waals surface area contributed by atoms with Crippen LogP contribution in [0.25, 0.3) is 10.8 Å². The van der Waals surface area contributed by atoms with E-state index in [1.54, 1.807) is 7.11 Å². The number of ether oxygens (including phenoxy) is 1. The lowest BCUT2D eigenvalue weighted by atomic mass is 10.0. The summed E-state index contributed by atoms with van der Waals surface area (Å²) >= 11 is 0. The number of nitro groups is 1. The number of hydrogen-bond donors (Lipinski definition) is 0. The molecule has 4 heteroatoms. The molecular formula is C13H13NO3. The number of methoxy groups -OCH3 is 1. The van der Waals surface area contributed by atoms with Gasteiger partial charge in [-0.3, -0.25) is 10.1 Å². The molecule has 88 valence electrons. The summed E-state index contributed by atoms with van der Waals surface area (Å²) in [5.41, 5.74) is 0.905. The maximum atomic E-state index is 10.5. The van der Waals surface area contributed by atoms with Crippen molar-refractivity contribution < 1.29 is 9.66 Å². The molecule has 2 aromatic rings. The third-order valence-corrected chi connectivity index (χ3v) is 2.76. The average Bonchev–Trinajstić information content (AvgIpc) is 2.35. The standard InChI is InChI=1S/C13H13NO3/c1-17-13-7-6-10-4-2-3-5-11(10)12(13)8-9-14(15)16/h2-7H,8-9H2,1H3. The summed E-state index contributed by atoms with van der Waals surface area (Å²) in [7, 11) is 1.58. The number of rotatable bonds is 4. The molecule has 0 saturated heterocycles. The van der Waals surface area contributed by atoms with Gasteiger partial charge in [0, 0.05) is 16.9 Å². The number of hydrogen-bond acceptors (Lipinski definition) is 3. The Labute approximate surface area is 99.0 Å². The van der Waals surface area contributed by atoms with Gasteiger partial charge in [-0.15, -0.1) is 0 Å². The molecule has 17 heavy (non-hydrogen) atoms. The third kappa shape index (κ3) is 2.36. The van der Waals surface area contributed by atoms with Gasteiger partial charge in [0.15, 0.2) is 0 Å². The molecule has 0 N–H and O–H groups in total. The van der Waals surface area contributed by atoms with Crippen molar-refractivity contribution in [2.45, 2.75) is 6.42 Å². The van der Waals surface area contributed by atoms with Crippen molar-refractivity contribution in [1.82, 2.24) is 0 Å². The lowest BCUT2D eigenvalue weighted by molar-refractivity contribution is -0.479. The van der Waals surface area contributed by atoms with Gasteiger partial charge in [-0.1, -0.05) is 30.3 Å². The zero-order valence-corrected chi connectivity index (χ0v) is 9.55. The van der Waals surface area contributed by atoms with E-state index in [0.717, 1.165) is 16.3 Å². The molecule has 0 aliphatic carbocycles. The lowest BCUT2D eigenvalue weighted by Crippen LogP contribution is -2.05. The van der Waals surface area contributed by atoms with Crippen LogP contribution in [0.5, 0.6) is 5.75 Å². The summed E-state index contributed by atoms with van der Waals surface area (Å²) in [4.78, 5) is 10.2. The Hall–Kier alpha value is -2.10. The average molecular weight is 231 g/mol. The van der Waals surface area contributed by atoms with Crippen molar-refractivity contribution in [2.24, 2.45) is 0 Å². The van der Waals surface area contributed by atoms with Gasteiger partial charge >= 0.3 is 0 Å². The predicted octanol–water partition coefficient (Wildman–Crippen LogP) is 2.67. The summed E-state index contributed by atoms with van der Waals surface area (Å²) in [5.74, 6) is 0.713. The van der Waals surface area contributed by atoms with E-state index in [0.29, 0.717) is 12.2 Å². The Kier molecular flexibility index (Phi) is 3.23. The van der Waals surface area contributed by atoms with Gasteiger partial charge in [-0.25, -0.2) is 0 Å². The van der Waals surface area contributed by atoms with Crippen LogP contribution >= 0.6 is 0 Å². The van der Waals surface area contributed by atoms with Crippen LogP contribution in [0.4, 0.5) is 0 Å². The van der Waals surface area contributed by atoms with Crippen molar-refractivity contribution in [3.8, 4) is 5.75 Å². The molecule has 2 rings (SSSR count). The summed E-state index contributed by atoms with van der Waals surface area (Å²) in [6, 6.07) is 11.7. The third-order valence-electron chi connectivity index (χ3n) is 2.76. The predicted molar refractivity (Wildman–Crippen MR) is 66.1 cm³/mol. The molecule has 0 saturated carbocycles. The first-order chi connectivity index (χ1) is 8.22. The smallest absolute Gasteiger partial charge is 0.208 e. The van der Waals surface area contributed by atoms with E-state index in [-0.39, 0.29) is 11.5 Å². The highest BCUT2D eigenvalue weighted by Crippen LogP contribution is 2.28. The van der Waals surface area contributed by atoms with E-state index in [1.807, 2.05) is 36.4 Å². The van der Waals surface area contributed by atoms with Crippen LogP contribution in [0, 0.1) is 10.1 Å². The topological polar surface area (TPSA) is 52.4 Å². The minimum absolute atomic E-state index is 0.0790. The fraction of sp³-hybridized carbons (Fsp3) is 0.231. The van der Waals surface area contributed by atoms with E-state index in [4.69, 9.17) is 4.74 Å². The van der Waals surface area contributed by atoms with Crippen molar-refractivity contribution in [1.29, 1.82) is 0 Å². The molecule has 0 atom stereocenters. The maximum Gasteiger partial charge on any atom is 0.208 e. The van der Waals surface area contributed by atoms with Gasteiger partial charge in [0.25, 0.3) is 0 Å². The first-order valence-corrected chi connectivity index (χ1v) is 5.39. The van der Waals surface area contributed by atoms with Gasteiger partial charge in [0.05, 0.1) is 7.11 Å². The van der Waals surface area contributed by atoms with E-state index < -0.39 is 0 Å². The highest BCUT2D eigenvalue weighted by molar-refractivity contribution is 5.87.